The molecule has 2 fully saturated rings. The summed E-state index contributed by atoms with van der Waals surface area (Å²) in [6, 6.07) is 0. The maximum absolute atomic E-state index is 12.0. The summed E-state index contributed by atoms with van der Waals surface area (Å²) in [5, 5.41) is 8.90. The minimum atomic E-state index is -0.766. The van der Waals surface area contributed by atoms with E-state index in [0.29, 0.717) is 31.8 Å². The van der Waals surface area contributed by atoms with E-state index in [4.69, 9.17) is 5.11 Å². The molecule has 1 amide bonds. The Hall–Kier alpha value is -1.06. The molecule has 1 atom stereocenters. The molecule has 4 nitrogen and oxygen atoms in total. The predicted molar refractivity (Wildman–Crippen MR) is 63.5 cm³/mol. The van der Waals surface area contributed by atoms with E-state index in [0.717, 1.165) is 0 Å². The third kappa shape index (κ3) is 3.20. The van der Waals surface area contributed by atoms with E-state index in [1.54, 1.807) is 4.90 Å². The number of carboxylic acid groups (broad SMARTS) is 1. The van der Waals surface area contributed by atoms with E-state index in [1.807, 2.05) is 0 Å². The highest BCUT2D eigenvalue weighted by molar-refractivity contribution is 5.78. The second kappa shape index (κ2) is 5.52. The Kier molecular flexibility index (Phi) is 4.02. The van der Waals surface area contributed by atoms with Gasteiger partial charge in [0.05, 0.1) is 5.92 Å². The first-order valence-corrected chi connectivity index (χ1v) is 6.67. The third-order valence-corrected chi connectivity index (χ3v) is 4.08. The molecule has 0 radical (unpaired) electrons. The van der Waals surface area contributed by atoms with Crippen LogP contribution >= 0.6 is 0 Å². The number of carbonyl (C=O) groups excluding carboxylic acids is 1. The molecule has 0 aromatic rings. The van der Waals surface area contributed by atoms with Gasteiger partial charge in [0, 0.05) is 19.5 Å². The van der Waals surface area contributed by atoms with Crippen LogP contribution in [-0.2, 0) is 9.59 Å². The fraction of sp³-hybridized carbons (Fsp3) is 0.846. The molecule has 17 heavy (non-hydrogen) atoms. The number of hydrogen-bond acceptors (Lipinski definition) is 2. The van der Waals surface area contributed by atoms with Gasteiger partial charge >= 0.3 is 5.97 Å². The topological polar surface area (TPSA) is 57.6 Å². The molecule has 1 aliphatic heterocycles. The Morgan fingerprint density at radius 3 is 2.41 bits per heavy atom. The van der Waals surface area contributed by atoms with Gasteiger partial charge in [0.25, 0.3) is 0 Å². The molecule has 96 valence electrons. The fourth-order valence-electron chi connectivity index (χ4n) is 2.96. The van der Waals surface area contributed by atoms with Crippen LogP contribution in [0.5, 0.6) is 0 Å². The summed E-state index contributed by atoms with van der Waals surface area (Å²) in [4.78, 5) is 24.6. The Balaban J connectivity index is 1.78. The highest BCUT2D eigenvalue weighted by Gasteiger charge is 2.31. The molecule has 0 aromatic heterocycles. The molecule has 0 aromatic carbocycles. The molecule has 1 N–H and O–H groups in total. The zero-order valence-electron chi connectivity index (χ0n) is 10.2. The average Bonchev–Trinajstić information content (AvgIpc) is 2.79. The van der Waals surface area contributed by atoms with E-state index < -0.39 is 5.97 Å². The second-order valence-electron chi connectivity index (χ2n) is 5.37. The van der Waals surface area contributed by atoms with Crippen molar-refractivity contribution in [1.29, 1.82) is 0 Å². The lowest BCUT2D eigenvalue weighted by atomic mass is 9.87. The number of rotatable bonds is 3. The van der Waals surface area contributed by atoms with Gasteiger partial charge in [-0.2, -0.15) is 0 Å². The molecular weight excluding hydrogens is 218 g/mol. The SMILES string of the molecule is O=C(O)[C@@H]1CCN(C(=O)CC2CCCCC2)C1. The van der Waals surface area contributed by atoms with E-state index in [1.165, 1.54) is 32.1 Å². The van der Waals surface area contributed by atoms with Gasteiger partial charge in [-0.1, -0.05) is 19.3 Å². The monoisotopic (exact) mass is 239 g/mol. The zero-order valence-corrected chi connectivity index (χ0v) is 10.2. The van der Waals surface area contributed by atoms with Gasteiger partial charge in [-0.25, -0.2) is 0 Å². The Bertz CT molecular complexity index is 297. The van der Waals surface area contributed by atoms with Crippen LogP contribution in [-0.4, -0.2) is 35.0 Å². The summed E-state index contributed by atoms with van der Waals surface area (Å²) >= 11 is 0. The fourth-order valence-corrected chi connectivity index (χ4v) is 2.96. The van der Waals surface area contributed by atoms with Crippen molar-refractivity contribution >= 4 is 11.9 Å². The largest absolute Gasteiger partial charge is 0.481 e. The van der Waals surface area contributed by atoms with Crippen molar-refractivity contribution < 1.29 is 14.7 Å². The second-order valence-corrected chi connectivity index (χ2v) is 5.37. The van der Waals surface area contributed by atoms with Crippen molar-refractivity contribution in [2.75, 3.05) is 13.1 Å². The van der Waals surface area contributed by atoms with Crippen molar-refractivity contribution in [3.63, 3.8) is 0 Å². The van der Waals surface area contributed by atoms with Crippen LogP contribution < -0.4 is 0 Å². The van der Waals surface area contributed by atoms with Crippen LogP contribution in [0, 0.1) is 11.8 Å². The molecule has 0 bridgehead atoms. The van der Waals surface area contributed by atoms with E-state index in [2.05, 4.69) is 0 Å². The lowest BCUT2D eigenvalue weighted by Gasteiger charge is -2.24. The maximum Gasteiger partial charge on any atom is 0.308 e. The molecule has 2 aliphatic rings. The number of carbonyl (C=O) groups is 2. The molecule has 0 unspecified atom stereocenters. The first-order valence-electron chi connectivity index (χ1n) is 6.67. The van der Waals surface area contributed by atoms with Crippen molar-refractivity contribution in [1.82, 2.24) is 4.90 Å². The highest BCUT2D eigenvalue weighted by Crippen LogP contribution is 2.28. The molecule has 1 aliphatic carbocycles. The average molecular weight is 239 g/mol. The van der Waals surface area contributed by atoms with Crippen LogP contribution in [0.3, 0.4) is 0 Å². The summed E-state index contributed by atoms with van der Waals surface area (Å²) in [6.45, 7) is 1.05. The van der Waals surface area contributed by atoms with Crippen LogP contribution in [0.15, 0.2) is 0 Å². The van der Waals surface area contributed by atoms with Crippen molar-refractivity contribution in [2.45, 2.75) is 44.9 Å². The predicted octanol–water partition coefficient (Wildman–Crippen LogP) is 1.89. The van der Waals surface area contributed by atoms with E-state index >= 15 is 0 Å². The standard InChI is InChI=1S/C13H21NO3/c15-12(8-10-4-2-1-3-5-10)14-7-6-11(9-14)13(16)17/h10-11H,1-9H2,(H,16,17)/t11-/m1/s1. The number of hydrogen-bond donors (Lipinski definition) is 1. The van der Waals surface area contributed by atoms with Gasteiger partial charge in [0.1, 0.15) is 0 Å². The summed E-state index contributed by atoms with van der Waals surface area (Å²) < 4.78 is 0. The summed E-state index contributed by atoms with van der Waals surface area (Å²) in [5.74, 6) is -0.399. The third-order valence-electron chi connectivity index (χ3n) is 4.08. The Labute approximate surface area is 102 Å². The van der Waals surface area contributed by atoms with Gasteiger partial charge < -0.3 is 10.0 Å². The normalized spacial score (nSPS) is 26.1. The molecule has 1 heterocycles. The lowest BCUT2D eigenvalue weighted by molar-refractivity contribution is -0.141. The smallest absolute Gasteiger partial charge is 0.308 e. The van der Waals surface area contributed by atoms with Crippen LogP contribution in [0.4, 0.5) is 0 Å². The maximum atomic E-state index is 12.0. The van der Waals surface area contributed by atoms with Crippen LogP contribution in [0.2, 0.25) is 0 Å². The molecule has 4 heteroatoms. The van der Waals surface area contributed by atoms with Gasteiger partial charge in [0.2, 0.25) is 5.91 Å². The van der Waals surface area contributed by atoms with Gasteiger partial charge in [0.15, 0.2) is 0 Å². The molecule has 1 saturated heterocycles. The molecule has 0 spiro atoms. The molecule has 2 rings (SSSR count). The minimum Gasteiger partial charge on any atom is -0.481 e. The summed E-state index contributed by atoms with van der Waals surface area (Å²) in [5.41, 5.74) is 0. The van der Waals surface area contributed by atoms with Gasteiger partial charge in [-0.3, -0.25) is 9.59 Å². The first kappa shape index (κ1) is 12.4. The van der Waals surface area contributed by atoms with E-state index in [9.17, 15) is 9.59 Å². The van der Waals surface area contributed by atoms with Crippen molar-refractivity contribution in [3.05, 3.63) is 0 Å². The van der Waals surface area contributed by atoms with Gasteiger partial charge in [-0.15, -0.1) is 0 Å². The Morgan fingerprint density at radius 1 is 1.12 bits per heavy atom. The lowest BCUT2D eigenvalue weighted by Crippen LogP contribution is -2.31. The van der Waals surface area contributed by atoms with Gasteiger partial charge in [-0.05, 0) is 25.2 Å². The number of aliphatic carboxylic acids is 1. The van der Waals surface area contributed by atoms with Crippen molar-refractivity contribution in [2.24, 2.45) is 11.8 Å². The highest BCUT2D eigenvalue weighted by atomic mass is 16.4. The quantitative estimate of drug-likeness (QED) is 0.818. The molecule has 1 saturated carbocycles. The summed E-state index contributed by atoms with van der Waals surface area (Å²) in [7, 11) is 0. The number of amides is 1. The summed E-state index contributed by atoms with van der Waals surface area (Å²) in [6.07, 6.45) is 7.38. The van der Waals surface area contributed by atoms with E-state index in [-0.39, 0.29) is 11.8 Å². The van der Waals surface area contributed by atoms with Crippen LogP contribution in [0.25, 0.3) is 0 Å². The number of likely N-dealkylation sites (tertiary alicyclic amines) is 1. The Morgan fingerprint density at radius 2 is 1.82 bits per heavy atom. The van der Waals surface area contributed by atoms with Crippen molar-refractivity contribution in [3.8, 4) is 0 Å². The zero-order chi connectivity index (χ0) is 12.3. The first-order chi connectivity index (χ1) is 8.16. The number of nitrogens with zero attached hydrogens (tertiary/aromatic N) is 1. The van der Waals surface area contributed by atoms with Crippen LogP contribution in [0.1, 0.15) is 44.9 Å². The molecular formula is C13H21NO3. The minimum absolute atomic E-state index is 0.167. The number of carboxylic acids is 1.